The molecule has 2 unspecified atom stereocenters. The van der Waals surface area contributed by atoms with Crippen LogP contribution in [0.15, 0.2) is 24.3 Å². The molecule has 0 amide bonds. The van der Waals surface area contributed by atoms with Gasteiger partial charge in [0.15, 0.2) is 0 Å². The van der Waals surface area contributed by atoms with Crippen LogP contribution in [0.3, 0.4) is 0 Å². The lowest BCUT2D eigenvalue weighted by molar-refractivity contribution is 0.222. The van der Waals surface area contributed by atoms with E-state index in [9.17, 15) is 0 Å². The molecule has 1 aromatic carbocycles. The number of nitrogens with two attached hydrogens (primary N) is 1. The second-order valence-corrected chi connectivity index (χ2v) is 6.63. The third-order valence-electron chi connectivity index (χ3n) is 3.75. The first kappa shape index (κ1) is 15.5. The Hall–Kier alpha value is -0.570. The van der Waals surface area contributed by atoms with E-state index in [4.69, 9.17) is 17.4 Å². The fourth-order valence-electron chi connectivity index (χ4n) is 1.90. The Balaban J connectivity index is 2.59. The molecule has 0 aromatic heterocycles. The van der Waals surface area contributed by atoms with Gasteiger partial charge in [-0.1, -0.05) is 51.4 Å². The van der Waals surface area contributed by atoms with Gasteiger partial charge >= 0.3 is 0 Å². The number of halogens is 1. The molecule has 2 nitrogen and oxygen atoms in total. The molecular weight excluding hydrogens is 244 g/mol. The Kier molecular flexibility index (Phi) is 5.64. The molecule has 0 saturated carbocycles. The van der Waals surface area contributed by atoms with Gasteiger partial charge in [0.25, 0.3) is 0 Å². The van der Waals surface area contributed by atoms with Crippen molar-refractivity contribution in [2.75, 3.05) is 0 Å². The molecule has 18 heavy (non-hydrogen) atoms. The summed E-state index contributed by atoms with van der Waals surface area (Å²) in [7, 11) is 0. The SMILES string of the molecule is CC(CC(Cc1ccc(Cl)cc1)NN)C(C)(C)C. The lowest BCUT2D eigenvalue weighted by Crippen LogP contribution is -2.39. The van der Waals surface area contributed by atoms with Crippen LogP contribution in [0.25, 0.3) is 0 Å². The molecule has 1 rings (SSSR count). The number of hydrogen-bond donors (Lipinski definition) is 2. The summed E-state index contributed by atoms with van der Waals surface area (Å²) in [6.07, 6.45) is 2.01. The van der Waals surface area contributed by atoms with Gasteiger partial charge in [-0.05, 0) is 41.9 Å². The molecule has 0 bridgehead atoms. The highest BCUT2D eigenvalue weighted by molar-refractivity contribution is 6.30. The van der Waals surface area contributed by atoms with E-state index in [1.165, 1.54) is 5.56 Å². The van der Waals surface area contributed by atoms with Crippen LogP contribution < -0.4 is 11.3 Å². The van der Waals surface area contributed by atoms with Crippen LogP contribution in [0.4, 0.5) is 0 Å². The largest absolute Gasteiger partial charge is 0.271 e. The van der Waals surface area contributed by atoms with Gasteiger partial charge in [-0.2, -0.15) is 0 Å². The molecule has 1 aromatic rings. The van der Waals surface area contributed by atoms with E-state index in [0.29, 0.717) is 17.4 Å². The number of hydrazine groups is 1. The molecule has 0 heterocycles. The van der Waals surface area contributed by atoms with Crippen LogP contribution in [0, 0.1) is 11.3 Å². The summed E-state index contributed by atoms with van der Waals surface area (Å²) in [5.41, 5.74) is 4.52. The van der Waals surface area contributed by atoms with Crippen molar-refractivity contribution >= 4 is 11.6 Å². The molecule has 0 radical (unpaired) electrons. The average molecular weight is 269 g/mol. The Morgan fingerprint density at radius 3 is 2.22 bits per heavy atom. The molecule has 2 atom stereocenters. The van der Waals surface area contributed by atoms with E-state index in [2.05, 4.69) is 45.3 Å². The Labute approximate surface area is 116 Å². The quantitative estimate of drug-likeness (QED) is 0.630. The van der Waals surface area contributed by atoms with Crippen LogP contribution in [-0.4, -0.2) is 6.04 Å². The van der Waals surface area contributed by atoms with Crippen LogP contribution in [0.1, 0.15) is 39.7 Å². The predicted octanol–water partition coefficient (Wildman–Crippen LogP) is 3.79. The highest BCUT2D eigenvalue weighted by atomic mass is 35.5. The Morgan fingerprint density at radius 1 is 1.22 bits per heavy atom. The van der Waals surface area contributed by atoms with Gasteiger partial charge in [-0.15, -0.1) is 0 Å². The maximum atomic E-state index is 5.89. The highest BCUT2D eigenvalue weighted by Crippen LogP contribution is 2.29. The molecule has 0 aliphatic carbocycles. The third kappa shape index (κ3) is 4.97. The van der Waals surface area contributed by atoms with Gasteiger partial charge in [0.2, 0.25) is 0 Å². The second kappa shape index (κ2) is 6.55. The minimum absolute atomic E-state index is 0.306. The maximum absolute atomic E-state index is 5.89. The summed E-state index contributed by atoms with van der Waals surface area (Å²) in [5.74, 6) is 6.28. The minimum Gasteiger partial charge on any atom is -0.271 e. The first-order chi connectivity index (χ1) is 8.32. The maximum Gasteiger partial charge on any atom is 0.0406 e. The zero-order valence-electron chi connectivity index (χ0n) is 11.8. The van der Waals surface area contributed by atoms with Crippen molar-refractivity contribution in [1.82, 2.24) is 5.43 Å². The van der Waals surface area contributed by atoms with Crippen LogP contribution in [-0.2, 0) is 6.42 Å². The average Bonchev–Trinajstić information content (AvgIpc) is 2.29. The van der Waals surface area contributed by atoms with E-state index in [1.54, 1.807) is 0 Å². The standard InChI is InChI=1S/C15H25ClN2/c1-11(15(2,3)4)9-14(18-17)10-12-5-7-13(16)8-6-12/h5-8,11,14,18H,9-10,17H2,1-4H3. The molecule has 102 valence electrons. The van der Waals surface area contributed by atoms with Gasteiger partial charge < -0.3 is 0 Å². The van der Waals surface area contributed by atoms with Crippen molar-refractivity contribution in [3.63, 3.8) is 0 Å². The van der Waals surface area contributed by atoms with Gasteiger partial charge in [-0.3, -0.25) is 11.3 Å². The minimum atomic E-state index is 0.306. The van der Waals surface area contributed by atoms with E-state index in [0.717, 1.165) is 17.9 Å². The summed E-state index contributed by atoms with van der Waals surface area (Å²) in [6.45, 7) is 9.10. The van der Waals surface area contributed by atoms with E-state index in [1.807, 2.05) is 12.1 Å². The van der Waals surface area contributed by atoms with Gasteiger partial charge in [0, 0.05) is 11.1 Å². The normalized spacial score (nSPS) is 15.4. The summed E-state index contributed by atoms with van der Waals surface area (Å²) in [6, 6.07) is 8.29. The van der Waals surface area contributed by atoms with Crippen LogP contribution in [0.2, 0.25) is 5.02 Å². The molecule has 0 aliphatic rings. The Morgan fingerprint density at radius 2 is 1.78 bits per heavy atom. The zero-order valence-corrected chi connectivity index (χ0v) is 12.6. The summed E-state index contributed by atoms with van der Waals surface area (Å²) in [4.78, 5) is 0. The lowest BCUT2D eigenvalue weighted by atomic mass is 9.78. The first-order valence-electron chi connectivity index (χ1n) is 6.53. The highest BCUT2D eigenvalue weighted by Gasteiger charge is 2.23. The number of benzene rings is 1. The molecule has 0 fully saturated rings. The van der Waals surface area contributed by atoms with Crippen molar-refractivity contribution < 1.29 is 0 Å². The molecule has 0 aliphatic heterocycles. The van der Waals surface area contributed by atoms with Crippen molar-refractivity contribution in [3.8, 4) is 0 Å². The molecular formula is C15H25ClN2. The van der Waals surface area contributed by atoms with Crippen molar-refractivity contribution in [3.05, 3.63) is 34.9 Å². The fraction of sp³-hybridized carbons (Fsp3) is 0.600. The molecule has 3 N–H and O–H groups in total. The van der Waals surface area contributed by atoms with E-state index >= 15 is 0 Å². The predicted molar refractivity (Wildman–Crippen MR) is 79.5 cm³/mol. The lowest BCUT2D eigenvalue weighted by Gasteiger charge is -2.30. The van der Waals surface area contributed by atoms with Crippen molar-refractivity contribution in [1.29, 1.82) is 0 Å². The monoisotopic (exact) mass is 268 g/mol. The van der Waals surface area contributed by atoms with Gasteiger partial charge in [0.05, 0.1) is 0 Å². The zero-order chi connectivity index (χ0) is 13.8. The van der Waals surface area contributed by atoms with Crippen LogP contribution in [0.5, 0.6) is 0 Å². The fourth-order valence-corrected chi connectivity index (χ4v) is 2.02. The van der Waals surface area contributed by atoms with Crippen molar-refractivity contribution in [2.45, 2.75) is 46.6 Å². The number of rotatable bonds is 5. The van der Waals surface area contributed by atoms with E-state index < -0.39 is 0 Å². The first-order valence-corrected chi connectivity index (χ1v) is 6.91. The molecule has 0 spiro atoms. The van der Waals surface area contributed by atoms with Crippen LogP contribution >= 0.6 is 11.6 Å². The molecule has 3 heteroatoms. The second-order valence-electron chi connectivity index (χ2n) is 6.20. The summed E-state index contributed by atoms with van der Waals surface area (Å²) < 4.78 is 0. The number of hydrogen-bond acceptors (Lipinski definition) is 2. The third-order valence-corrected chi connectivity index (χ3v) is 4.00. The van der Waals surface area contributed by atoms with Gasteiger partial charge in [-0.25, -0.2) is 0 Å². The topological polar surface area (TPSA) is 38.0 Å². The van der Waals surface area contributed by atoms with Gasteiger partial charge in [0.1, 0.15) is 0 Å². The van der Waals surface area contributed by atoms with Crippen molar-refractivity contribution in [2.24, 2.45) is 17.2 Å². The summed E-state index contributed by atoms with van der Waals surface area (Å²) >= 11 is 5.89. The van der Waals surface area contributed by atoms with E-state index in [-0.39, 0.29) is 0 Å². The number of nitrogens with one attached hydrogen (secondary N) is 1. The molecule has 0 saturated heterocycles. The smallest absolute Gasteiger partial charge is 0.0406 e. The summed E-state index contributed by atoms with van der Waals surface area (Å²) in [5, 5.41) is 0.777. The Bertz CT molecular complexity index is 354.